The minimum Gasteiger partial charge on any atom is -0.272 e. The van der Waals surface area contributed by atoms with E-state index in [1.807, 2.05) is 0 Å². The van der Waals surface area contributed by atoms with Gasteiger partial charge in [0.1, 0.15) is 5.69 Å². The van der Waals surface area contributed by atoms with Crippen LogP contribution in [0.25, 0.3) is 0 Å². The van der Waals surface area contributed by atoms with Crippen molar-refractivity contribution in [3.05, 3.63) is 28.3 Å². The first-order valence-corrected chi connectivity index (χ1v) is 10.4. The van der Waals surface area contributed by atoms with E-state index < -0.39 is 14.9 Å². The van der Waals surface area contributed by atoms with Crippen molar-refractivity contribution in [1.82, 2.24) is 4.31 Å². The molecule has 2 rings (SSSR count). The van der Waals surface area contributed by atoms with E-state index in [0.717, 1.165) is 37.5 Å². The first-order valence-electron chi connectivity index (χ1n) is 8.92. The largest absolute Gasteiger partial charge is 0.295 e. The molecule has 26 heavy (non-hydrogen) atoms. The highest BCUT2D eigenvalue weighted by Crippen LogP contribution is 2.29. The van der Waals surface area contributed by atoms with Crippen molar-refractivity contribution in [2.24, 2.45) is 11.0 Å². The third-order valence-corrected chi connectivity index (χ3v) is 6.76. The number of sulfonamides is 1. The van der Waals surface area contributed by atoms with Gasteiger partial charge in [0, 0.05) is 24.9 Å². The van der Waals surface area contributed by atoms with Gasteiger partial charge in [-0.1, -0.05) is 27.2 Å². The van der Waals surface area contributed by atoms with Crippen LogP contribution < -0.4 is 5.43 Å². The quantitative estimate of drug-likeness (QED) is 0.573. The second kappa shape index (κ2) is 8.59. The van der Waals surface area contributed by atoms with Crippen molar-refractivity contribution in [1.29, 1.82) is 0 Å². The summed E-state index contributed by atoms with van der Waals surface area (Å²) in [6.45, 7) is 6.16. The van der Waals surface area contributed by atoms with E-state index in [9.17, 15) is 18.5 Å². The predicted octanol–water partition coefficient (Wildman–Crippen LogP) is 3.60. The van der Waals surface area contributed by atoms with Gasteiger partial charge in [-0.15, -0.1) is 0 Å². The Hall–Kier alpha value is -2.00. The highest BCUT2D eigenvalue weighted by Gasteiger charge is 2.26. The van der Waals surface area contributed by atoms with Crippen LogP contribution in [0.3, 0.4) is 0 Å². The summed E-state index contributed by atoms with van der Waals surface area (Å²) in [6.07, 6.45) is 4.16. The Morgan fingerprint density at radius 1 is 1.31 bits per heavy atom. The Balaban J connectivity index is 2.35. The average Bonchev–Trinajstić information content (AvgIpc) is 2.61. The smallest absolute Gasteiger partial charge is 0.272 e. The summed E-state index contributed by atoms with van der Waals surface area (Å²) in [7, 11) is -3.75. The monoisotopic (exact) mass is 382 g/mol. The van der Waals surface area contributed by atoms with Crippen LogP contribution in [0.15, 0.2) is 28.2 Å². The number of nitrogens with one attached hydrogen (secondary N) is 1. The number of hydrogen-bond donors (Lipinski definition) is 1. The van der Waals surface area contributed by atoms with Crippen molar-refractivity contribution < 1.29 is 13.3 Å². The van der Waals surface area contributed by atoms with E-state index in [1.165, 1.54) is 16.4 Å². The van der Waals surface area contributed by atoms with E-state index in [4.69, 9.17) is 0 Å². The molecule has 1 saturated carbocycles. The van der Waals surface area contributed by atoms with Gasteiger partial charge in [-0.05, 0) is 37.3 Å². The highest BCUT2D eigenvalue weighted by molar-refractivity contribution is 7.89. The van der Waals surface area contributed by atoms with Crippen LogP contribution in [-0.4, -0.2) is 36.4 Å². The van der Waals surface area contributed by atoms with Crippen molar-refractivity contribution in [3.8, 4) is 0 Å². The van der Waals surface area contributed by atoms with Gasteiger partial charge in [0.2, 0.25) is 10.0 Å². The molecule has 0 aromatic heterocycles. The molecule has 0 bridgehead atoms. The second-order valence-electron chi connectivity index (χ2n) is 6.39. The van der Waals surface area contributed by atoms with Crippen LogP contribution in [0.1, 0.15) is 46.5 Å². The van der Waals surface area contributed by atoms with Crippen molar-refractivity contribution in [3.63, 3.8) is 0 Å². The Labute approximate surface area is 154 Å². The number of nitrogens with zero attached hydrogens (tertiary/aromatic N) is 3. The lowest BCUT2D eigenvalue weighted by molar-refractivity contribution is -0.384. The molecule has 1 aromatic rings. The summed E-state index contributed by atoms with van der Waals surface area (Å²) < 4.78 is 26.4. The number of hydrogen-bond acceptors (Lipinski definition) is 6. The molecule has 0 aliphatic heterocycles. The summed E-state index contributed by atoms with van der Waals surface area (Å²) in [5.41, 5.74) is 3.65. The van der Waals surface area contributed by atoms with Gasteiger partial charge in [-0.3, -0.25) is 15.5 Å². The Morgan fingerprint density at radius 3 is 2.58 bits per heavy atom. The zero-order valence-electron chi connectivity index (χ0n) is 15.4. The summed E-state index contributed by atoms with van der Waals surface area (Å²) in [5.74, 6) is 0.345. The molecule has 9 heteroatoms. The summed E-state index contributed by atoms with van der Waals surface area (Å²) in [6, 6.07) is 3.89. The molecule has 1 aliphatic rings. The van der Waals surface area contributed by atoms with Gasteiger partial charge in [0.25, 0.3) is 5.69 Å². The molecule has 8 nitrogen and oxygen atoms in total. The van der Waals surface area contributed by atoms with Crippen molar-refractivity contribution in [2.45, 2.75) is 51.3 Å². The third-order valence-electron chi connectivity index (χ3n) is 4.72. The lowest BCUT2D eigenvalue weighted by Gasteiger charge is -2.20. The van der Waals surface area contributed by atoms with Crippen LogP contribution >= 0.6 is 0 Å². The van der Waals surface area contributed by atoms with Crippen LogP contribution in [0.2, 0.25) is 0 Å². The maximum absolute atomic E-state index is 12.6. The minimum absolute atomic E-state index is 0.0860. The van der Waals surface area contributed by atoms with Gasteiger partial charge in [-0.25, -0.2) is 8.42 Å². The molecule has 1 fully saturated rings. The van der Waals surface area contributed by atoms with E-state index in [-0.39, 0.29) is 16.3 Å². The zero-order valence-corrected chi connectivity index (χ0v) is 16.3. The topological polar surface area (TPSA) is 105 Å². The lowest BCUT2D eigenvalue weighted by atomic mass is 9.89. The van der Waals surface area contributed by atoms with Crippen LogP contribution in [0.5, 0.6) is 0 Å². The fourth-order valence-electron chi connectivity index (χ4n) is 3.10. The Kier molecular flexibility index (Phi) is 6.71. The van der Waals surface area contributed by atoms with Crippen LogP contribution in [-0.2, 0) is 10.0 Å². The Morgan fingerprint density at radius 2 is 2.00 bits per heavy atom. The summed E-state index contributed by atoms with van der Waals surface area (Å²) in [4.78, 5) is 10.8. The normalized spacial score (nSPS) is 19.7. The molecule has 0 amide bonds. The molecule has 144 valence electrons. The van der Waals surface area contributed by atoms with Gasteiger partial charge < -0.3 is 0 Å². The van der Waals surface area contributed by atoms with E-state index in [1.54, 1.807) is 13.8 Å². The lowest BCUT2D eigenvalue weighted by Crippen LogP contribution is -2.30. The molecular formula is C17H26N4O4S. The SMILES string of the molecule is CCN(CC)S(=O)(=O)c1ccc(N/N=C2\CCCC[C@@H]2C)c([N+](=O)[O-])c1. The van der Waals surface area contributed by atoms with Gasteiger partial charge >= 0.3 is 0 Å². The van der Waals surface area contributed by atoms with Gasteiger partial charge in [0.05, 0.1) is 9.82 Å². The molecule has 1 aromatic carbocycles. The summed E-state index contributed by atoms with van der Waals surface area (Å²) >= 11 is 0. The number of nitro groups is 1. The Bertz CT molecular complexity index is 788. The molecule has 0 radical (unpaired) electrons. The summed E-state index contributed by atoms with van der Waals surface area (Å²) in [5, 5.41) is 15.8. The average molecular weight is 382 g/mol. The number of anilines is 1. The molecule has 1 atom stereocenters. The fourth-order valence-corrected chi connectivity index (χ4v) is 4.58. The first-order chi connectivity index (χ1) is 12.3. The van der Waals surface area contributed by atoms with E-state index >= 15 is 0 Å². The van der Waals surface area contributed by atoms with Crippen molar-refractivity contribution >= 4 is 27.1 Å². The first kappa shape index (κ1) is 20.3. The molecule has 0 unspecified atom stereocenters. The van der Waals surface area contributed by atoms with Crippen LogP contribution in [0, 0.1) is 16.0 Å². The van der Waals surface area contributed by atoms with Crippen LogP contribution in [0.4, 0.5) is 11.4 Å². The minimum atomic E-state index is -3.75. The number of hydrazone groups is 1. The molecular weight excluding hydrogens is 356 g/mol. The molecule has 1 N–H and O–H groups in total. The van der Waals surface area contributed by atoms with Crippen molar-refractivity contribution in [2.75, 3.05) is 18.5 Å². The van der Waals surface area contributed by atoms with Gasteiger partial charge in [0.15, 0.2) is 0 Å². The molecule has 0 saturated heterocycles. The third kappa shape index (κ3) is 4.39. The number of rotatable bonds is 7. The highest BCUT2D eigenvalue weighted by atomic mass is 32.2. The molecule has 0 heterocycles. The second-order valence-corrected chi connectivity index (χ2v) is 8.33. The maximum atomic E-state index is 12.6. The molecule has 0 spiro atoms. The zero-order chi connectivity index (χ0) is 19.3. The number of benzene rings is 1. The predicted molar refractivity (Wildman–Crippen MR) is 102 cm³/mol. The molecule has 1 aliphatic carbocycles. The van der Waals surface area contributed by atoms with Gasteiger partial charge in [-0.2, -0.15) is 9.41 Å². The maximum Gasteiger partial charge on any atom is 0.295 e. The van der Waals surface area contributed by atoms with E-state index in [2.05, 4.69) is 17.5 Å². The fraction of sp³-hybridized carbons (Fsp3) is 0.588. The standard InChI is InChI=1S/C17H26N4O4S/c1-4-20(5-2)26(24,25)14-10-11-16(17(12-14)21(22)23)19-18-15-9-7-6-8-13(15)3/h10-13,19H,4-9H2,1-3H3/b18-15+/t13-/m0/s1. The van der Waals surface area contributed by atoms with E-state index in [0.29, 0.717) is 19.0 Å². The number of nitro benzene ring substituents is 1.